The molecular formula is C11H15N3O. The Labute approximate surface area is 89.5 Å². The molecule has 4 heteroatoms. The van der Waals surface area contributed by atoms with Gasteiger partial charge < -0.3 is 4.74 Å². The third kappa shape index (κ3) is 2.89. The van der Waals surface area contributed by atoms with E-state index in [4.69, 9.17) is 10.3 Å². The van der Waals surface area contributed by atoms with E-state index in [-0.39, 0.29) is 0 Å². The number of hydrogen-bond donors (Lipinski definition) is 0. The minimum Gasteiger partial charge on any atom is -0.496 e. The molecule has 0 saturated heterocycles. The number of methoxy groups -OCH3 is 1. The number of nitrogens with zero attached hydrogens (tertiary/aromatic N) is 3. The van der Waals surface area contributed by atoms with E-state index in [2.05, 4.69) is 29.9 Å². The van der Waals surface area contributed by atoms with Gasteiger partial charge in [0, 0.05) is 11.5 Å². The maximum atomic E-state index is 8.20. The van der Waals surface area contributed by atoms with Gasteiger partial charge >= 0.3 is 0 Å². The molecule has 0 saturated carbocycles. The number of benzene rings is 1. The van der Waals surface area contributed by atoms with Crippen molar-refractivity contribution >= 4 is 0 Å². The average Bonchev–Trinajstić information content (AvgIpc) is 2.23. The molecule has 0 unspecified atom stereocenters. The maximum absolute atomic E-state index is 8.20. The molecule has 1 rings (SSSR count). The van der Waals surface area contributed by atoms with Crippen molar-refractivity contribution in [1.82, 2.24) is 0 Å². The molecule has 4 nitrogen and oxygen atoms in total. The second kappa shape index (κ2) is 5.27. The maximum Gasteiger partial charge on any atom is 0.122 e. The Bertz CT molecular complexity index is 395. The molecule has 0 aliphatic heterocycles. The zero-order valence-electron chi connectivity index (χ0n) is 9.32. The van der Waals surface area contributed by atoms with E-state index < -0.39 is 0 Å². The monoisotopic (exact) mass is 205 g/mol. The number of ether oxygens (including phenoxy) is 1. The van der Waals surface area contributed by atoms with Crippen LogP contribution >= 0.6 is 0 Å². The zero-order valence-corrected chi connectivity index (χ0v) is 9.32. The third-order valence-electron chi connectivity index (χ3n) is 2.44. The molecular weight excluding hydrogens is 190 g/mol. The Morgan fingerprint density at radius 2 is 2.00 bits per heavy atom. The molecule has 80 valence electrons. The highest BCUT2D eigenvalue weighted by molar-refractivity contribution is 5.41. The summed E-state index contributed by atoms with van der Waals surface area (Å²) in [4.78, 5) is 2.73. The standard InChI is InChI=1S/C11H15N3O/c1-8-6-10(4-5-13-14-12)11(15-3)7-9(8)2/h6-7H,4-5H2,1-3H3. The van der Waals surface area contributed by atoms with Crippen molar-refractivity contribution in [3.05, 3.63) is 39.3 Å². The summed E-state index contributed by atoms with van der Waals surface area (Å²) >= 11 is 0. The summed E-state index contributed by atoms with van der Waals surface area (Å²) in [6.07, 6.45) is 0.717. The van der Waals surface area contributed by atoms with E-state index in [0.717, 1.165) is 11.3 Å². The van der Waals surface area contributed by atoms with E-state index >= 15 is 0 Å². The minimum atomic E-state index is 0.468. The zero-order chi connectivity index (χ0) is 11.3. The van der Waals surface area contributed by atoms with Crippen molar-refractivity contribution in [3.8, 4) is 5.75 Å². The van der Waals surface area contributed by atoms with Gasteiger partial charge in [0.05, 0.1) is 7.11 Å². The molecule has 1 aromatic rings. The Hall–Kier alpha value is -1.67. The first kappa shape index (κ1) is 11.4. The highest BCUT2D eigenvalue weighted by atomic mass is 16.5. The number of aryl methyl sites for hydroxylation is 2. The largest absolute Gasteiger partial charge is 0.496 e. The third-order valence-corrected chi connectivity index (χ3v) is 2.44. The normalized spacial score (nSPS) is 9.53. The van der Waals surface area contributed by atoms with Gasteiger partial charge in [0.2, 0.25) is 0 Å². The molecule has 0 spiro atoms. The van der Waals surface area contributed by atoms with Gasteiger partial charge in [0.25, 0.3) is 0 Å². The van der Waals surface area contributed by atoms with Crippen LogP contribution in [0.15, 0.2) is 17.2 Å². The Morgan fingerprint density at radius 3 is 2.60 bits per heavy atom. The summed E-state index contributed by atoms with van der Waals surface area (Å²) in [6.45, 7) is 4.58. The molecule has 0 amide bonds. The summed E-state index contributed by atoms with van der Waals surface area (Å²) in [7, 11) is 1.65. The fourth-order valence-electron chi connectivity index (χ4n) is 1.45. The van der Waals surface area contributed by atoms with E-state index in [9.17, 15) is 0 Å². The lowest BCUT2D eigenvalue weighted by molar-refractivity contribution is 0.409. The van der Waals surface area contributed by atoms with Crippen molar-refractivity contribution in [3.63, 3.8) is 0 Å². The van der Waals surface area contributed by atoms with Crippen molar-refractivity contribution in [1.29, 1.82) is 0 Å². The van der Waals surface area contributed by atoms with Crippen LogP contribution in [0.4, 0.5) is 0 Å². The summed E-state index contributed by atoms with van der Waals surface area (Å²) in [5, 5.41) is 3.52. The highest BCUT2D eigenvalue weighted by Crippen LogP contribution is 2.23. The highest BCUT2D eigenvalue weighted by Gasteiger charge is 2.04. The van der Waals surface area contributed by atoms with Crippen molar-refractivity contribution in [2.45, 2.75) is 20.3 Å². The summed E-state index contributed by atoms with van der Waals surface area (Å²) in [5.74, 6) is 0.867. The Morgan fingerprint density at radius 1 is 1.33 bits per heavy atom. The van der Waals surface area contributed by atoms with Gasteiger partial charge in [-0.3, -0.25) is 0 Å². The van der Waals surface area contributed by atoms with Crippen LogP contribution in [0, 0.1) is 13.8 Å². The Balaban J connectivity index is 2.94. The second-order valence-corrected chi connectivity index (χ2v) is 3.45. The molecule has 0 radical (unpaired) electrons. The average molecular weight is 205 g/mol. The smallest absolute Gasteiger partial charge is 0.122 e. The van der Waals surface area contributed by atoms with Crippen molar-refractivity contribution < 1.29 is 4.74 Å². The van der Waals surface area contributed by atoms with Crippen LogP contribution in [0.1, 0.15) is 16.7 Å². The first-order chi connectivity index (χ1) is 7.19. The fourth-order valence-corrected chi connectivity index (χ4v) is 1.45. The lowest BCUT2D eigenvalue weighted by atomic mass is 10.0. The molecule has 0 bridgehead atoms. The van der Waals surface area contributed by atoms with Crippen LogP contribution in [0.5, 0.6) is 5.75 Å². The molecule has 0 aliphatic rings. The van der Waals surface area contributed by atoms with Crippen LogP contribution in [0.2, 0.25) is 0 Å². The van der Waals surface area contributed by atoms with E-state index in [1.807, 2.05) is 6.07 Å². The lowest BCUT2D eigenvalue weighted by Crippen LogP contribution is -1.97. The topological polar surface area (TPSA) is 58.0 Å². The molecule has 0 atom stereocenters. The molecule has 0 N–H and O–H groups in total. The van der Waals surface area contributed by atoms with Crippen molar-refractivity contribution in [2.75, 3.05) is 13.7 Å². The summed E-state index contributed by atoms with van der Waals surface area (Å²) in [6, 6.07) is 4.10. The predicted octanol–water partition coefficient (Wildman–Crippen LogP) is 3.16. The van der Waals surface area contributed by atoms with E-state index in [1.165, 1.54) is 11.1 Å². The molecule has 0 aliphatic carbocycles. The second-order valence-electron chi connectivity index (χ2n) is 3.45. The predicted molar refractivity (Wildman–Crippen MR) is 60.2 cm³/mol. The van der Waals surface area contributed by atoms with Crippen LogP contribution in [-0.2, 0) is 6.42 Å². The van der Waals surface area contributed by atoms with Gasteiger partial charge in [-0.15, -0.1) is 0 Å². The number of hydrogen-bond acceptors (Lipinski definition) is 2. The van der Waals surface area contributed by atoms with Gasteiger partial charge in [0.15, 0.2) is 0 Å². The minimum absolute atomic E-state index is 0.468. The van der Waals surface area contributed by atoms with Crippen molar-refractivity contribution in [2.24, 2.45) is 5.11 Å². The van der Waals surface area contributed by atoms with Crippen LogP contribution in [-0.4, -0.2) is 13.7 Å². The first-order valence-electron chi connectivity index (χ1n) is 4.84. The molecule has 0 fully saturated rings. The fraction of sp³-hybridized carbons (Fsp3) is 0.455. The van der Waals surface area contributed by atoms with Gasteiger partial charge in [0.1, 0.15) is 5.75 Å². The SMILES string of the molecule is COc1cc(C)c(C)cc1CCN=[N+]=[N-]. The van der Waals surface area contributed by atoms with Crippen LogP contribution in [0.3, 0.4) is 0 Å². The van der Waals surface area contributed by atoms with Crippen LogP contribution < -0.4 is 4.74 Å². The Kier molecular flexibility index (Phi) is 4.01. The first-order valence-corrected chi connectivity index (χ1v) is 4.84. The lowest BCUT2D eigenvalue weighted by Gasteiger charge is -2.10. The number of azide groups is 1. The molecule has 0 aromatic heterocycles. The molecule has 1 aromatic carbocycles. The summed E-state index contributed by atoms with van der Waals surface area (Å²) < 4.78 is 5.28. The van der Waals surface area contributed by atoms with E-state index in [1.54, 1.807) is 7.11 Å². The van der Waals surface area contributed by atoms with Gasteiger partial charge in [-0.2, -0.15) is 0 Å². The van der Waals surface area contributed by atoms with E-state index in [0.29, 0.717) is 13.0 Å². The van der Waals surface area contributed by atoms with Gasteiger partial charge in [-0.25, -0.2) is 0 Å². The molecule has 15 heavy (non-hydrogen) atoms. The van der Waals surface area contributed by atoms with Crippen LogP contribution in [0.25, 0.3) is 10.4 Å². The molecule has 0 heterocycles. The number of rotatable bonds is 4. The van der Waals surface area contributed by atoms with Gasteiger partial charge in [-0.1, -0.05) is 11.2 Å². The summed E-state index contributed by atoms with van der Waals surface area (Å²) in [5.41, 5.74) is 11.7. The quantitative estimate of drug-likeness (QED) is 0.423. The van der Waals surface area contributed by atoms with Gasteiger partial charge in [-0.05, 0) is 48.6 Å².